The predicted octanol–water partition coefficient (Wildman–Crippen LogP) is -1.42. The highest BCUT2D eigenvalue weighted by molar-refractivity contribution is 6.37. The highest BCUT2D eigenvalue weighted by atomic mass is 16.1. The van der Waals surface area contributed by atoms with Gasteiger partial charge in [-0.1, -0.05) is 0 Å². The Balaban J connectivity index is 2.46. The molecule has 1 aromatic rings. The lowest BCUT2D eigenvalue weighted by atomic mass is 10.4. The molecule has 0 amide bonds. The number of nitrogens with zero attached hydrogens (tertiary/aromatic N) is 3. The monoisotopic (exact) mass is 183 g/mol. The SMILES string of the molecule is CC(=O)/C(=N\N)NNc1ncn[nH]1. The average Bonchev–Trinajstić information content (AvgIpc) is 2.57. The molecule has 13 heavy (non-hydrogen) atoms. The van der Waals surface area contributed by atoms with Gasteiger partial charge in [-0.25, -0.2) is 5.10 Å². The number of ketones is 1. The molecule has 1 rings (SSSR count). The predicted molar refractivity (Wildman–Crippen MR) is 45.4 cm³/mol. The summed E-state index contributed by atoms with van der Waals surface area (Å²) in [6.45, 7) is 1.33. The first-order valence-corrected chi connectivity index (χ1v) is 3.40. The van der Waals surface area contributed by atoms with Crippen LogP contribution in [0.15, 0.2) is 11.4 Å². The third-order valence-electron chi connectivity index (χ3n) is 1.18. The Hall–Kier alpha value is -2.12. The third kappa shape index (κ3) is 2.43. The molecule has 0 atom stereocenters. The lowest BCUT2D eigenvalue weighted by Crippen LogP contribution is -2.35. The molecule has 1 aromatic heterocycles. The van der Waals surface area contributed by atoms with Gasteiger partial charge in [0.1, 0.15) is 6.33 Å². The minimum atomic E-state index is -0.283. The van der Waals surface area contributed by atoms with E-state index in [-0.39, 0.29) is 11.6 Å². The summed E-state index contributed by atoms with van der Waals surface area (Å²) in [6, 6.07) is 0. The van der Waals surface area contributed by atoms with Crippen LogP contribution in [-0.2, 0) is 4.79 Å². The maximum atomic E-state index is 10.8. The molecule has 0 saturated heterocycles. The van der Waals surface area contributed by atoms with Gasteiger partial charge in [-0.2, -0.15) is 15.2 Å². The summed E-state index contributed by atoms with van der Waals surface area (Å²) in [7, 11) is 0. The topological polar surface area (TPSA) is 121 Å². The Morgan fingerprint density at radius 1 is 1.77 bits per heavy atom. The van der Waals surface area contributed by atoms with Crippen LogP contribution in [-0.4, -0.2) is 26.8 Å². The zero-order valence-electron chi connectivity index (χ0n) is 6.90. The van der Waals surface area contributed by atoms with Gasteiger partial charge in [0.25, 0.3) is 0 Å². The molecule has 0 bridgehead atoms. The molecule has 0 aliphatic rings. The van der Waals surface area contributed by atoms with Crippen LogP contribution in [0.4, 0.5) is 5.95 Å². The zero-order chi connectivity index (χ0) is 9.68. The van der Waals surface area contributed by atoms with Crippen molar-refractivity contribution in [2.75, 3.05) is 5.43 Å². The number of hydrogen-bond acceptors (Lipinski definition) is 6. The highest BCUT2D eigenvalue weighted by Crippen LogP contribution is 1.87. The molecule has 0 aromatic carbocycles. The van der Waals surface area contributed by atoms with E-state index in [4.69, 9.17) is 5.84 Å². The van der Waals surface area contributed by atoms with Crippen molar-refractivity contribution in [2.45, 2.75) is 6.92 Å². The van der Waals surface area contributed by atoms with Gasteiger partial charge in [-0.15, -0.1) is 0 Å². The summed E-state index contributed by atoms with van der Waals surface area (Å²) >= 11 is 0. The number of nitrogens with two attached hydrogens (primary N) is 1. The second-order valence-corrected chi connectivity index (χ2v) is 2.12. The minimum Gasteiger partial charge on any atom is -0.321 e. The van der Waals surface area contributed by atoms with E-state index in [0.717, 1.165) is 0 Å². The van der Waals surface area contributed by atoms with E-state index in [2.05, 4.69) is 31.1 Å². The van der Waals surface area contributed by atoms with Crippen LogP contribution in [0.5, 0.6) is 0 Å². The van der Waals surface area contributed by atoms with Crippen LogP contribution in [0.2, 0.25) is 0 Å². The van der Waals surface area contributed by atoms with Gasteiger partial charge in [-0.3, -0.25) is 15.6 Å². The van der Waals surface area contributed by atoms with Crippen LogP contribution in [0.25, 0.3) is 0 Å². The molecule has 1 heterocycles. The summed E-state index contributed by atoms with van der Waals surface area (Å²) in [6.07, 6.45) is 1.32. The number of hydrazine groups is 1. The van der Waals surface area contributed by atoms with Crippen molar-refractivity contribution >= 4 is 17.6 Å². The molecule has 0 radical (unpaired) electrons. The lowest BCUT2D eigenvalue weighted by molar-refractivity contribution is -0.111. The van der Waals surface area contributed by atoms with E-state index in [1.807, 2.05) is 0 Å². The Bertz CT molecular complexity index is 303. The van der Waals surface area contributed by atoms with Gasteiger partial charge < -0.3 is 5.84 Å². The molecule has 0 saturated carbocycles. The first-order chi connectivity index (χ1) is 6.24. The summed E-state index contributed by atoms with van der Waals surface area (Å²) < 4.78 is 0. The highest BCUT2D eigenvalue weighted by Gasteiger charge is 2.04. The van der Waals surface area contributed by atoms with Crippen molar-refractivity contribution in [2.24, 2.45) is 10.9 Å². The Kier molecular flexibility index (Phi) is 2.79. The summed E-state index contributed by atoms with van der Waals surface area (Å²) in [5.41, 5.74) is 5.01. The normalized spacial score (nSPS) is 11.0. The molecular formula is C5H9N7O. The van der Waals surface area contributed by atoms with Gasteiger partial charge in [0.2, 0.25) is 11.8 Å². The second-order valence-electron chi connectivity index (χ2n) is 2.12. The molecule has 8 heteroatoms. The van der Waals surface area contributed by atoms with E-state index in [1.54, 1.807) is 0 Å². The maximum Gasteiger partial charge on any atom is 0.237 e. The van der Waals surface area contributed by atoms with Crippen molar-refractivity contribution in [3.63, 3.8) is 0 Å². The molecule has 8 nitrogen and oxygen atoms in total. The molecule has 0 unspecified atom stereocenters. The van der Waals surface area contributed by atoms with Crippen molar-refractivity contribution in [3.05, 3.63) is 6.33 Å². The van der Waals surface area contributed by atoms with E-state index < -0.39 is 0 Å². The lowest BCUT2D eigenvalue weighted by Gasteiger charge is -2.04. The van der Waals surface area contributed by atoms with Gasteiger partial charge >= 0.3 is 0 Å². The van der Waals surface area contributed by atoms with E-state index in [9.17, 15) is 4.79 Å². The number of H-pyrrole nitrogens is 1. The van der Waals surface area contributed by atoms with Crippen LogP contribution in [0.1, 0.15) is 6.92 Å². The Labute approximate surface area is 73.6 Å². The molecule has 0 spiro atoms. The molecule has 70 valence electrons. The van der Waals surface area contributed by atoms with Gasteiger partial charge in [-0.05, 0) is 0 Å². The number of aromatic nitrogens is 3. The smallest absolute Gasteiger partial charge is 0.237 e. The summed E-state index contributed by atoms with van der Waals surface area (Å²) in [5, 5.41) is 9.31. The number of anilines is 1. The van der Waals surface area contributed by atoms with Gasteiger partial charge in [0, 0.05) is 6.92 Å². The standard InChI is InChI=1S/C5H9N7O/c1-3(13)4(9-6)10-12-5-7-2-8-11-5/h2H,6H2,1H3,(H,9,10)(H2,7,8,11,12). The average molecular weight is 183 g/mol. The Morgan fingerprint density at radius 2 is 2.54 bits per heavy atom. The zero-order valence-corrected chi connectivity index (χ0v) is 6.90. The summed E-state index contributed by atoms with van der Waals surface area (Å²) in [5.74, 6) is 5.02. The minimum absolute atomic E-state index is 0.0106. The van der Waals surface area contributed by atoms with Crippen molar-refractivity contribution in [1.29, 1.82) is 0 Å². The number of carbonyl (C=O) groups excluding carboxylic acids is 1. The number of hydrazone groups is 1. The first kappa shape index (κ1) is 8.97. The molecule has 0 aliphatic heterocycles. The summed E-state index contributed by atoms with van der Waals surface area (Å²) in [4.78, 5) is 14.5. The fraction of sp³-hybridized carbons (Fsp3) is 0.200. The number of rotatable bonds is 3. The third-order valence-corrected chi connectivity index (χ3v) is 1.18. The maximum absolute atomic E-state index is 10.8. The fourth-order valence-electron chi connectivity index (χ4n) is 0.595. The van der Waals surface area contributed by atoms with Gasteiger partial charge in [0.05, 0.1) is 0 Å². The van der Waals surface area contributed by atoms with Crippen LogP contribution >= 0.6 is 0 Å². The van der Waals surface area contributed by atoms with Crippen molar-refractivity contribution in [1.82, 2.24) is 20.6 Å². The molecular weight excluding hydrogens is 174 g/mol. The molecule has 5 N–H and O–H groups in total. The van der Waals surface area contributed by atoms with Crippen LogP contribution in [0.3, 0.4) is 0 Å². The van der Waals surface area contributed by atoms with Crippen molar-refractivity contribution in [3.8, 4) is 0 Å². The van der Waals surface area contributed by atoms with E-state index in [0.29, 0.717) is 5.95 Å². The Morgan fingerprint density at radius 3 is 3.00 bits per heavy atom. The van der Waals surface area contributed by atoms with Crippen LogP contribution in [0, 0.1) is 0 Å². The van der Waals surface area contributed by atoms with E-state index >= 15 is 0 Å². The number of nitrogens with one attached hydrogen (secondary N) is 3. The number of Topliss-reactive ketones (excluding diaryl/α,β-unsaturated/α-hetero) is 1. The number of aromatic amines is 1. The molecule has 0 aliphatic carbocycles. The number of carbonyl (C=O) groups is 1. The fourth-order valence-corrected chi connectivity index (χ4v) is 0.595. The quantitative estimate of drug-likeness (QED) is 0.197. The number of amidine groups is 1. The van der Waals surface area contributed by atoms with E-state index in [1.165, 1.54) is 13.3 Å². The largest absolute Gasteiger partial charge is 0.321 e. The second kappa shape index (κ2) is 4.04. The van der Waals surface area contributed by atoms with Crippen molar-refractivity contribution < 1.29 is 4.79 Å². The first-order valence-electron chi connectivity index (χ1n) is 3.40. The number of hydrogen-bond donors (Lipinski definition) is 4. The van der Waals surface area contributed by atoms with Crippen LogP contribution < -0.4 is 16.7 Å². The van der Waals surface area contributed by atoms with Gasteiger partial charge in [0.15, 0.2) is 5.78 Å². The molecule has 0 fully saturated rings.